The van der Waals surface area contributed by atoms with Crippen LogP contribution in [0.5, 0.6) is 0 Å². The number of para-hydroxylation sites is 1. The summed E-state index contributed by atoms with van der Waals surface area (Å²) in [5.41, 5.74) is 6.59. The fourth-order valence-corrected chi connectivity index (χ4v) is 1.77. The van der Waals surface area contributed by atoms with E-state index in [1.165, 1.54) is 0 Å². The number of carbonyl (C=O) groups is 1. The average molecular weight is 390 g/mol. The SMILES string of the molecule is I.NC(=NCC(=O)Nc1ccccc1)N1CCOCC1. The van der Waals surface area contributed by atoms with Gasteiger partial charge in [-0.25, -0.2) is 4.99 Å². The number of morpholine rings is 1. The second-order valence-corrected chi connectivity index (χ2v) is 4.19. The minimum atomic E-state index is -0.178. The average Bonchev–Trinajstić information content (AvgIpc) is 2.47. The Bertz CT molecular complexity index is 447. The zero-order valence-electron chi connectivity index (χ0n) is 11.1. The quantitative estimate of drug-likeness (QED) is 0.457. The van der Waals surface area contributed by atoms with Crippen molar-refractivity contribution in [3.05, 3.63) is 30.3 Å². The molecular weight excluding hydrogens is 371 g/mol. The van der Waals surface area contributed by atoms with Gasteiger partial charge in [-0.15, -0.1) is 24.0 Å². The molecule has 3 N–H and O–H groups in total. The third-order valence-electron chi connectivity index (χ3n) is 2.78. The Balaban J connectivity index is 0.00000200. The molecule has 1 aromatic carbocycles. The van der Waals surface area contributed by atoms with Crippen molar-refractivity contribution in [2.45, 2.75) is 0 Å². The number of ether oxygens (including phenoxy) is 1. The number of anilines is 1. The molecule has 20 heavy (non-hydrogen) atoms. The van der Waals surface area contributed by atoms with Gasteiger partial charge in [-0.3, -0.25) is 4.79 Å². The summed E-state index contributed by atoms with van der Waals surface area (Å²) < 4.78 is 5.22. The van der Waals surface area contributed by atoms with E-state index in [1.54, 1.807) is 0 Å². The molecule has 1 amide bonds. The third-order valence-corrected chi connectivity index (χ3v) is 2.78. The Kier molecular flexibility index (Phi) is 7.31. The van der Waals surface area contributed by atoms with Gasteiger partial charge in [0.1, 0.15) is 6.54 Å². The van der Waals surface area contributed by atoms with Gasteiger partial charge < -0.3 is 20.7 Å². The molecule has 2 rings (SSSR count). The van der Waals surface area contributed by atoms with Crippen LogP contribution >= 0.6 is 24.0 Å². The number of nitrogens with one attached hydrogen (secondary N) is 1. The van der Waals surface area contributed by atoms with Crippen LogP contribution in [0.3, 0.4) is 0 Å². The number of guanidine groups is 1. The molecule has 0 atom stereocenters. The van der Waals surface area contributed by atoms with E-state index in [-0.39, 0.29) is 36.4 Å². The van der Waals surface area contributed by atoms with Gasteiger partial charge in [0.2, 0.25) is 5.91 Å². The van der Waals surface area contributed by atoms with Crippen molar-refractivity contribution in [1.82, 2.24) is 4.90 Å². The molecule has 110 valence electrons. The lowest BCUT2D eigenvalue weighted by molar-refractivity contribution is -0.114. The van der Waals surface area contributed by atoms with Gasteiger partial charge in [0, 0.05) is 18.8 Å². The predicted molar refractivity (Wildman–Crippen MR) is 89.4 cm³/mol. The van der Waals surface area contributed by atoms with Gasteiger partial charge in [-0.05, 0) is 12.1 Å². The summed E-state index contributed by atoms with van der Waals surface area (Å²) in [6.07, 6.45) is 0. The van der Waals surface area contributed by atoms with Crippen LogP contribution in [-0.2, 0) is 9.53 Å². The number of nitrogens with two attached hydrogens (primary N) is 1. The van der Waals surface area contributed by atoms with Crippen molar-refractivity contribution in [3.63, 3.8) is 0 Å². The lowest BCUT2D eigenvalue weighted by atomic mass is 10.3. The Morgan fingerprint density at radius 2 is 1.95 bits per heavy atom. The molecule has 0 radical (unpaired) electrons. The first-order valence-electron chi connectivity index (χ1n) is 6.23. The Morgan fingerprint density at radius 3 is 2.60 bits per heavy atom. The number of aliphatic imine (C=N–C) groups is 1. The minimum Gasteiger partial charge on any atom is -0.378 e. The zero-order valence-corrected chi connectivity index (χ0v) is 13.4. The first-order valence-corrected chi connectivity index (χ1v) is 6.23. The van der Waals surface area contributed by atoms with Crippen LogP contribution in [0.2, 0.25) is 0 Å². The van der Waals surface area contributed by atoms with Crippen molar-refractivity contribution in [1.29, 1.82) is 0 Å². The van der Waals surface area contributed by atoms with Crippen molar-refractivity contribution >= 4 is 41.5 Å². The summed E-state index contributed by atoms with van der Waals surface area (Å²) in [5, 5.41) is 2.76. The van der Waals surface area contributed by atoms with E-state index in [4.69, 9.17) is 10.5 Å². The Hall–Kier alpha value is -1.35. The summed E-state index contributed by atoms with van der Waals surface area (Å²) in [6, 6.07) is 9.27. The first-order chi connectivity index (χ1) is 9.25. The number of amides is 1. The zero-order chi connectivity index (χ0) is 13.5. The highest BCUT2D eigenvalue weighted by Gasteiger charge is 2.12. The molecule has 1 saturated heterocycles. The van der Waals surface area contributed by atoms with Crippen LogP contribution in [0.25, 0.3) is 0 Å². The van der Waals surface area contributed by atoms with Crippen molar-refractivity contribution < 1.29 is 9.53 Å². The number of nitrogens with zero attached hydrogens (tertiary/aromatic N) is 2. The highest BCUT2D eigenvalue weighted by Crippen LogP contribution is 2.04. The topological polar surface area (TPSA) is 79.9 Å². The smallest absolute Gasteiger partial charge is 0.246 e. The number of benzene rings is 1. The molecule has 1 fully saturated rings. The molecule has 6 nitrogen and oxygen atoms in total. The Morgan fingerprint density at radius 1 is 1.30 bits per heavy atom. The van der Waals surface area contributed by atoms with E-state index in [0.29, 0.717) is 19.2 Å². The van der Waals surface area contributed by atoms with Gasteiger partial charge in [-0.2, -0.15) is 0 Å². The molecule has 0 aromatic heterocycles. The van der Waals surface area contributed by atoms with E-state index in [2.05, 4.69) is 10.3 Å². The molecule has 1 aliphatic rings. The van der Waals surface area contributed by atoms with Gasteiger partial charge in [0.05, 0.1) is 13.2 Å². The van der Waals surface area contributed by atoms with Gasteiger partial charge >= 0.3 is 0 Å². The standard InChI is InChI=1S/C13H18N4O2.HI/c14-13(17-6-8-19-9-7-17)15-10-12(18)16-11-4-2-1-3-5-11;/h1-5H,6-10H2,(H2,14,15)(H,16,18);1H. The van der Waals surface area contributed by atoms with Gasteiger partial charge in [-0.1, -0.05) is 18.2 Å². The second kappa shape index (κ2) is 8.75. The predicted octanol–water partition coefficient (Wildman–Crippen LogP) is 0.890. The van der Waals surface area contributed by atoms with Crippen molar-refractivity contribution in [2.24, 2.45) is 10.7 Å². The second-order valence-electron chi connectivity index (χ2n) is 4.19. The van der Waals surface area contributed by atoms with Crippen LogP contribution in [0, 0.1) is 0 Å². The maximum atomic E-state index is 11.7. The van der Waals surface area contributed by atoms with Crippen LogP contribution < -0.4 is 11.1 Å². The highest BCUT2D eigenvalue weighted by molar-refractivity contribution is 14.0. The molecule has 0 unspecified atom stereocenters. The summed E-state index contributed by atoms with van der Waals surface area (Å²) in [7, 11) is 0. The van der Waals surface area contributed by atoms with E-state index in [9.17, 15) is 4.79 Å². The lowest BCUT2D eigenvalue weighted by Crippen LogP contribution is -2.45. The van der Waals surface area contributed by atoms with E-state index >= 15 is 0 Å². The molecule has 1 aromatic rings. The maximum Gasteiger partial charge on any atom is 0.246 e. The monoisotopic (exact) mass is 390 g/mol. The summed E-state index contributed by atoms with van der Waals surface area (Å²) in [6.45, 7) is 2.75. The highest BCUT2D eigenvalue weighted by atomic mass is 127. The van der Waals surface area contributed by atoms with Crippen LogP contribution in [0.15, 0.2) is 35.3 Å². The normalized spacial score (nSPS) is 15.4. The van der Waals surface area contributed by atoms with Crippen LogP contribution in [0.4, 0.5) is 5.69 Å². The van der Waals surface area contributed by atoms with E-state index < -0.39 is 0 Å². The molecule has 0 saturated carbocycles. The van der Waals surface area contributed by atoms with Gasteiger partial charge in [0.25, 0.3) is 0 Å². The Labute approximate surface area is 135 Å². The maximum absolute atomic E-state index is 11.7. The molecule has 0 aliphatic carbocycles. The van der Waals surface area contributed by atoms with Gasteiger partial charge in [0.15, 0.2) is 5.96 Å². The fourth-order valence-electron chi connectivity index (χ4n) is 1.77. The molecule has 7 heteroatoms. The molecular formula is C13H19IN4O2. The van der Waals surface area contributed by atoms with E-state index in [1.807, 2.05) is 35.2 Å². The molecule has 1 heterocycles. The first kappa shape index (κ1) is 16.7. The van der Waals surface area contributed by atoms with Crippen molar-refractivity contribution in [2.75, 3.05) is 38.2 Å². The number of rotatable bonds is 3. The summed E-state index contributed by atoms with van der Waals surface area (Å²) >= 11 is 0. The largest absolute Gasteiger partial charge is 0.378 e. The molecule has 0 bridgehead atoms. The fraction of sp³-hybridized carbons (Fsp3) is 0.385. The van der Waals surface area contributed by atoms with Crippen molar-refractivity contribution in [3.8, 4) is 0 Å². The number of hydrogen-bond acceptors (Lipinski definition) is 3. The number of carbonyl (C=O) groups excluding carboxylic acids is 1. The summed E-state index contributed by atoms with van der Waals surface area (Å²) in [4.78, 5) is 17.7. The summed E-state index contributed by atoms with van der Waals surface area (Å²) in [5.74, 6) is 0.217. The van der Waals surface area contributed by atoms with Crippen LogP contribution in [-0.4, -0.2) is 49.6 Å². The minimum absolute atomic E-state index is 0. The lowest BCUT2D eigenvalue weighted by Gasteiger charge is -2.27. The third kappa shape index (κ3) is 5.33. The molecule has 1 aliphatic heterocycles. The molecule has 0 spiro atoms. The van der Waals surface area contributed by atoms with E-state index in [0.717, 1.165) is 18.8 Å². The number of hydrogen-bond donors (Lipinski definition) is 2. The van der Waals surface area contributed by atoms with Crippen LogP contribution in [0.1, 0.15) is 0 Å². The number of halogens is 1.